The highest BCUT2D eigenvalue weighted by Gasteiger charge is 1.98. The predicted molar refractivity (Wildman–Crippen MR) is 67.9 cm³/mol. The van der Waals surface area contributed by atoms with E-state index in [1.54, 1.807) is 7.11 Å². The van der Waals surface area contributed by atoms with E-state index in [4.69, 9.17) is 10.5 Å². The second-order valence-electron chi connectivity index (χ2n) is 4.04. The molecule has 0 bridgehead atoms. The Labute approximate surface area is 98.2 Å². The van der Waals surface area contributed by atoms with Gasteiger partial charge in [-0.05, 0) is 44.1 Å². The highest BCUT2D eigenvalue weighted by molar-refractivity contribution is 5.27. The van der Waals surface area contributed by atoms with Gasteiger partial charge in [0.2, 0.25) is 0 Å². The Morgan fingerprint density at radius 2 is 1.88 bits per heavy atom. The van der Waals surface area contributed by atoms with E-state index in [-0.39, 0.29) is 0 Å². The molecule has 3 nitrogen and oxygen atoms in total. The zero-order valence-corrected chi connectivity index (χ0v) is 10.3. The van der Waals surface area contributed by atoms with Gasteiger partial charge >= 0.3 is 0 Å². The Balaban J connectivity index is 2.26. The van der Waals surface area contributed by atoms with Gasteiger partial charge in [0.15, 0.2) is 0 Å². The number of hydrogen-bond acceptors (Lipinski definition) is 3. The topological polar surface area (TPSA) is 38.5 Å². The van der Waals surface area contributed by atoms with Crippen molar-refractivity contribution in [1.29, 1.82) is 0 Å². The van der Waals surface area contributed by atoms with Crippen LogP contribution in [-0.4, -0.2) is 38.7 Å². The second-order valence-corrected chi connectivity index (χ2v) is 4.04. The molecule has 1 aromatic carbocycles. The summed E-state index contributed by atoms with van der Waals surface area (Å²) in [5.74, 6) is 0.920. The van der Waals surface area contributed by atoms with E-state index in [2.05, 4.69) is 24.1 Å². The van der Waals surface area contributed by atoms with Gasteiger partial charge in [-0.15, -0.1) is 0 Å². The Hall–Kier alpha value is -1.06. The SMILES string of the molecule is COc1ccc(CCCN(C)CCN)cc1. The van der Waals surface area contributed by atoms with Gasteiger partial charge in [-0.3, -0.25) is 0 Å². The van der Waals surface area contributed by atoms with Crippen LogP contribution in [0.1, 0.15) is 12.0 Å². The van der Waals surface area contributed by atoms with Crippen molar-refractivity contribution in [2.75, 3.05) is 33.8 Å². The molecule has 0 spiro atoms. The van der Waals surface area contributed by atoms with Gasteiger partial charge in [0.25, 0.3) is 0 Å². The van der Waals surface area contributed by atoms with Crippen molar-refractivity contribution in [2.24, 2.45) is 5.73 Å². The van der Waals surface area contributed by atoms with Crippen molar-refractivity contribution >= 4 is 0 Å². The van der Waals surface area contributed by atoms with Crippen LogP contribution < -0.4 is 10.5 Å². The van der Waals surface area contributed by atoms with E-state index < -0.39 is 0 Å². The van der Waals surface area contributed by atoms with Crippen LogP contribution in [0.15, 0.2) is 24.3 Å². The van der Waals surface area contributed by atoms with Crippen molar-refractivity contribution in [1.82, 2.24) is 4.90 Å². The number of aryl methyl sites for hydroxylation is 1. The van der Waals surface area contributed by atoms with Crippen molar-refractivity contribution in [3.05, 3.63) is 29.8 Å². The molecule has 0 atom stereocenters. The monoisotopic (exact) mass is 222 g/mol. The molecule has 90 valence electrons. The molecule has 2 N–H and O–H groups in total. The molecule has 0 fully saturated rings. The highest BCUT2D eigenvalue weighted by Crippen LogP contribution is 2.12. The summed E-state index contributed by atoms with van der Waals surface area (Å²) in [5.41, 5.74) is 6.85. The molecule has 0 aliphatic carbocycles. The minimum Gasteiger partial charge on any atom is -0.497 e. The summed E-state index contributed by atoms with van der Waals surface area (Å²) in [6.07, 6.45) is 2.28. The summed E-state index contributed by atoms with van der Waals surface area (Å²) in [6, 6.07) is 8.28. The number of benzene rings is 1. The number of hydrogen-bond donors (Lipinski definition) is 1. The average Bonchev–Trinajstić information content (AvgIpc) is 2.30. The summed E-state index contributed by atoms with van der Waals surface area (Å²) >= 11 is 0. The Morgan fingerprint density at radius 3 is 2.44 bits per heavy atom. The van der Waals surface area contributed by atoms with Crippen LogP contribution >= 0.6 is 0 Å². The van der Waals surface area contributed by atoms with E-state index in [1.165, 1.54) is 12.0 Å². The smallest absolute Gasteiger partial charge is 0.118 e. The Bertz CT molecular complexity index is 284. The van der Waals surface area contributed by atoms with Crippen LogP contribution in [0, 0.1) is 0 Å². The molecule has 16 heavy (non-hydrogen) atoms. The fourth-order valence-corrected chi connectivity index (χ4v) is 1.68. The summed E-state index contributed by atoms with van der Waals surface area (Å²) < 4.78 is 5.12. The molecule has 0 saturated carbocycles. The van der Waals surface area contributed by atoms with Gasteiger partial charge in [0, 0.05) is 13.1 Å². The third-order valence-electron chi connectivity index (χ3n) is 2.68. The average molecular weight is 222 g/mol. The first-order valence-corrected chi connectivity index (χ1v) is 5.78. The maximum atomic E-state index is 5.49. The van der Waals surface area contributed by atoms with Crippen LogP contribution in [0.4, 0.5) is 0 Å². The minimum absolute atomic E-state index is 0.735. The number of nitrogens with zero attached hydrogens (tertiary/aromatic N) is 1. The van der Waals surface area contributed by atoms with Crippen molar-refractivity contribution < 1.29 is 4.74 Å². The van der Waals surface area contributed by atoms with E-state index in [1.807, 2.05) is 12.1 Å². The third-order valence-corrected chi connectivity index (χ3v) is 2.68. The largest absolute Gasteiger partial charge is 0.497 e. The van der Waals surface area contributed by atoms with Gasteiger partial charge in [0.05, 0.1) is 7.11 Å². The summed E-state index contributed by atoms with van der Waals surface area (Å²) in [7, 11) is 3.80. The van der Waals surface area contributed by atoms with Gasteiger partial charge < -0.3 is 15.4 Å². The normalized spacial score (nSPS) is 10.8. The van der Waals surface area contributed by atoms with Crippen LogP contribution in [-0.2, 0) is 6.42 Å². The number of ether oxygens (including phenoxy) is 1. The molecule has 0 aliphatic heterocycles. The lowest BCUT2D eigenvalue weighted by Crippen LogP contribution is -2.26. The molecule has 1 rings (SSSR count). The Morgan fingerprint density at radius 1 is 1.19 bits per heavy atom. The quantitative estimate of drug-likeness (QED) is 0.760. The highest BCUT2D eigenvalue weighted by atomic mass is 16.5. The Kier molecular flexibility index (Phi) is 5.90. The molecule has 3 heteroatoms. The molecule has 0 heterocycles. The molecule has 0 saturated heterocycles. The maximum absolute atomic E-state index is 5.49. The fraction of sp³-hybridized carbons (Fsp3) is 0.538. The number of rotatable bonds is 7. The van der Waals surface area contributed by atoms with Crippen LogP contribution in [0.5, 0.6) is 5.75 Å². The van der Waals surface area contributed by atoms with Gasteiger partial charge in [-0.25, -0.2) is 0 Å². The zero-order chi connectivity index (χ0) is 11.8. The van der Waals surface area contributed by atoms with Crippen molar-refractivity contribution in [3.8, 4) is 5.75 Å². The first kappa shape index (κ1) is 13.0. The standard InChI is InChI=1S/C13H22N2O/c1-15(11-9-14)10-3-4-12-5-7-13(16-2)8-6-12/h5-8H,3-4,9-11,14H2,1-2H3. The van der Waals surface area contributed by atoms with Crippen LogP contribution in [0.2, 0.25) is 0 Å². The summed E-state index contributed by atoms with van der Waals surface area (Å²) in [6.45, 7) is 2.81. The molecular formula is C13H22N2O. The summed E-state index contributed by atoms with van der Waals surface area (Å²) in [4.78, 5) is 2.27. The van der Waals surface area contributed by atoms with Crippen molar-refractivity contribution in [2.45, 2.75) is 12.8 Å². The van der Waals surface area contributed by atoms with E-state index in [9.17, 15) is 0 Å². The molecule has 0 amide bonds. The summed E-state index contributed by atoms with van der Waals surface area (Å²) in [5, 5.41) is 0. The van der Waals surface area contributed by atoms with Crippen LogP contribution in [0.3, 0.4) is 0 Å². The maximum Gasteiger partial charge on any atom is 0.118 e. The van der Waals surface area contributed by atoms with E-state index in [0.717, 1.165) is 31.8 Å². The first-order chi connectivity index (χ1) is 7.76. The lowest BCUT2D eigenvalue weighted by atomic mass is 10.1. The molecule has 1 aromatic rings. The number of methoxy groups -OCH3 is 1. The fourth-order valence-electron chi connectivity index (χ4n) is 1.68. The van der Waals surface area contributed by atoms with Gasteiger partial charge in [-0.1, -0.05) is 12.1 Å². The van der Waals surface area contributed by atoms with Gasteiger partial charge in [0.1, 0.15) is 5.75 Å². The number of likely N-dealkylation sites (N-methyl/N-ethyl adjacent to an activating group) is 1. The predicted octanol–water partition coefficient (Wildman–Crippen LogP) is 1.52. The first-order valence-electron chi connectivity index (χ1n) is 5.78. The van der Waals surface area contributed by atoms with E-state index in [0.29, 0.717) is 0 Å². The number of nitrogens with two attached hydrogens (primary N) is 1. The molecular weight excluding hydrogens is 200 g/mol. The molecule has 0 radical (unpaired) electrons. The van der Waals surface area contributed by atoms with Gasteiger partial charge in [-0.2, -0.15) is 0 Å². The second kappa shape index (κ2) is 7.25. The van der Waals surface area contributed by atoms with Crippen molar-refractivity contribution in [3.63, 3.8) is 0 Å². The molecule has 0 unspecified atom stereocenters. The molecule has 0 aliphatic rings. The zero-order valence-electron chi connectivity index (χ0n) is 10.3. The van der Waals surface area contributed by atoms with Crippen LogP contribution in [0.25, 0.3) is 0 Å². The lowest BCUT2D eigenvalue weighted by molar-refractivity contribution is 0.338. The third kappa shape index (κ3) is 4.64. The minimum atomic E-state index is 0.735. The molecule has 0 aromatic heterocycles. The lowest BCUT2D eigenvalue weighted by Gasteiger charge is -2.14. The van der Waals surface area contributed by atoms with E-state index >= 15 is 0 Å².